The number of aromatic nitrogens is 1. The van der Waals surface area contributed by atoms with Crippen LogP contribution in [-0.4, -0.2) is 53.7 Å². The van der Waals surface area contributed by atoms with Crippen LogP contribution in [0, 0.1) is 5.92 Å². The number of rotatable bonds is 15. The number of nitrogens with zero attached hydrogens (tertiary/aromatic N) is 2. The van der Waals surface area contributed by atoms with Crippen LogP contribution in [0.2, 0.25) is 0 Å². The van der Waals surface area contributed by atoms with Crippen molar-refractivity contribution in [2.24, 2.45) is 28.1 Å². The van der Waals surface area contributed by atoms with Gasteiger partial charge in [0.15, 0.2) is 22.5 Å². The molecule has 0 fully saturated rings. The lowest BCUT2D eigenvalue weighted by molar-refractivity contribution is -0.122. The number of carbonyl (C=O) groups is 4. The number of thiazole rings is 1. The molecule has 0 unspecified atom stereocenters. The zero-order valence-corrected chi connectivity index (χ0v) is 26.0. The van der Waals surface area contributed by atoms with E-state index in [9.17, 15) is 19.2 Å². The average Bonchev–Trinajstić information content (AvgIpc) is 3.62. The van der Waals surface area contributed by atoms with Gasteiger partial charge in [0.2, 0.25) is 5.91 Å². The number of nitrogens with two attached hydrogens (primary N) is 3. The molecule has 0 spiro atoms. The molecule has 4 aromatic rings. The van der Waals surface area contributed by atoms with Gasteiger partial charge in [-0.05, 0) is 53.6 Å². The summed E-state index contributed by atoms with van der Waals surface area (Å²) in [4.78, 5) is 60.5. The van der Waals surface area contributed by atoms with Crippen molar-refractivity contribution in [1.82, 2.24) is 10.3 Å². The first kappa shape index (κ1) is 32.3. The molecular weight excluding hydrogens is 604 g/mol. The van der Waals surface area contributed by atoms with Crippen LogP contribution < -0.4 is 22.5 Å². The Morgan fingerprint density at radius 2 is 1.54 bits per heavy atom. The lowest BCUT2D eigenvalue weighted by Gasteiger charge is -2.21. The molecule has 238 valence electrons. The van der Waals surface area contributed by atoms with Crippen molar-refractivity contribution in [3.8, 4) is 11.1 Å². The minimum Gasteiger partial charge on any atom is -0.449 e. The van der Waals surface area contributed by atoms with Crippen molar-refractivity contribution in [3.05, 3.63) is 88.9 Å². The first-order valence-electron chi connectivity index (χ1n) is 15.1. The quantitative estimate of drug-likeness (QED) is 0.0640. The number of hydrogen-bond acceptors (Lipinski definition) is 8. The van der Waals surface area contributed by atoms with Crippen LogP contribution in [0.1, 0.15) is 59.0 Å². The third kappa shape index (κ3) is 7.75. The molecule has 0 aliphatic heterocycles. The van der Waals surface area contributed by atoms with E-state index in [2.05, 4.69) is 15.3 Å². The monoisotopic (exact) mass is 640 g/mol. The first-order chi connectivity index (χ1) is 22.2. The van der Waals surface area contributed by atoms with Gasteiger partial charge in [-0.2, -0.15) is 0 Å². The van der Waals surface area contributed by atoms with E-state index in [1.54, 1.807) is 0 Å². The average molecular weight is 641 g/mol. The molecule has 0 bridgehead atoms. The maximum absolute atomic E-state index is 13.7. The molecule has 1 aliphatic rings. The van der Waals surface area contributed by atoms with Crippen LogP contribution in [0.25, 0.3) is 21.3 Å². The molecule has 12 heteroatoms. The van der Waals surface area contributed by atoms with Crippen LogP contribution in [0.4, 0.5) is 4.79 Å². The highest BCUT2D eigenvalue weighted by Gasteiger charge is 2.32. The first-order valence-corrected chi connectivity index (χ1v) is 15.9. The molecular formula is C34H36N6O5S. The summed E-state index contributed by atoms with van der Waals surface area (Å²) in [5.41, 5.74) is 21.2. The summed E-state index contributed by atoms with van der Waals surface area (Å²) >= 11 is 1.26. The summed E-state index contributed by atoms with van der Waals surface area (Å²) in [5, 5.41) is 2.92. The van der Waals surface area contributed by atoms with Crippen molar-refractivity contribution < 1.29 is 23.9 Å². The highest BCUT2D eigenvalue weighted by Crippen LogP contribution is 2.44. The number of para-hydroxylation sites is 1. The highest BCUT2D eigenvalue weighted by atomic mass is 32.1. The molecule has 11 nitrogen and oxygen atoms in total. The zero-order chi connectivity index (χ0) is 32.6. The molecule has 7 N–H and O–H groups in total. The number of guanidine groups is 1. The van der Waals surface area contributed by atoms with E-state index in [0.717, 1.165) is 27.0 Å². The summed E-state index contributed by atoms with van der Waals surface area (Å²) in [6.45, 7) is 0.337. The van der Waals surface area contributed by atoms with Gasteiger partial charge in [0.25, 0.3) is 0 Å². The number of carbonyl (C=O) groups excluding carboxylic acids is 4. The Kier molecular flexibility index (Phi) is 10.4. The Bertz CT molecular complexity index is 1700. The number of fused-ring (bicyclic) bond motifs is 4. The van der Waals surface area contributed by atoms with Crippen LogP contribution in [0.15, 0.2) is 77.8 Å². The number of alkyl carbamates (subject to hydrolysis) is 1. The van der Waals surface area contributed by atoms with E-state index >= 15 is 0 Å². The van der Waals surface area contributed by atoms with E-state index < -0.39 is 29.7 Å². The van der Waals surface area contributed by atoms with Crippen molar-refractivity contribution in [1.29, 1.82) is 0 Å². The number of primary amides is 1. The Balaban J connectivity index is 1.29. The number of nitrogens with one attached hydrogen (secondary N) is 1. The number of Topliss-reactive ketones (excluding diaryl/α,β-unsaturated/α-hetero) is 2. The lowest BCUT2D eigenvalue weighted by atomic mass is 9.89. The van der Waals surface area contributed by atoms with Gasteiger partial charge in [0.1, 0.15) is 6.61 Å². The maximum atomic E-state index is 13.7. The number of ketones is 2. The normalized spacial score (nSPS) is 13.3. The van der Waals surface area contributed by atoms with Crippen LogP contribution in [0.3, 0.4) is 0 Å². The fraction of sp³-hybridized carbons (Fsp3) is 0.294. The number of amides is 2. The summed E-state index contributed by atoms with van der Waals surface area (Å²) in [6.07, 6.45) is -0.409. The second-order valence-electron chi connectivity index (χ2n) is 11.2. The number of aliphatic imine (C=N–C) groups is 1. The van der Waals surface area contributed by atoms with E-state index in [1.165, 1.54) is 11.3 Å². The second kappa shape index (κ2) is 14.8. The summed E-state index contributed by atoms with van der Waals surface area (Å²) in [6, 6.07) is 22.2. The van der Waals surface area contributed by atoms with Gasteiger partial charge in [-0.1, -0.05) is 60.7 Å². The van der Waals surface area contributed by atoms with Crippen molar-refractivity contribution >= 4 is 51.1 Å². The number of ether oxygens (including phenoxy) is 1. The zero-order valence-electron chi connectivity index (χ0n) is 25.2. The Labute approximate surface area is 270 Å². The molecule has 0 saturated heterocycles. The molecule has 5 rings (SSSR count). The smallest absolute Gasteiger partial charge is 0.407 e. The minimum atomic E-state index is -1.09. The molecule has 3 aromatic carbocycles. The molecule has 2 atom stereocenters. The summed E-state index contributed by atoms with van der Waals surface area (Å²) in [7, 11) is 0. The minimum absolute atomic E-state index is 0.0333. The third-order valence-corrected chi connectivity index (χ3v) is 9.08. The van der Waals surface area contributed by atoms with Crippen molar-refractivity contribution in [2.45, 2.75) is 44.1 Å². The lowest BCUT2D eigenvalue weighted by Crippen LogP contribution is -2.43. The van der Waals surface area contributed by atoms with Gasteiger partial charge in [-0.15, -0.1) is 11.3 Å². The Hall–Kier alpha value is -5.10. The second-order valence-corrected chi connectivity index (χ2v) is 12.2. The molecule has 1 aromatic heterocycles. The SMILES string of the molecule is NC(=O)CC[C@H](NC(=O)OCC1c2ccccc2-c2ccccc21)C(=O)C[C@@H](CCCN=C(N)N)C(=O)c1nc2ccccc2s1. The molecule has 0 saturated carbocycles. The summed E-state index contributed by atoms with van der Waals surface area (Å²) in [5.74, 6) is -2.30. The van der Waals surface area contributed by atoms with Gasteiger partial charge in [-0.3, -0.25) is 19.4 Å². The fourth-order valence-corrected chi connectivity index (χ4v) is 6.78. The van der Waals surface area contributed by atoms with Crippen LogP contribution >= 0.6 is 11.3 Å². The topological polar surface area (TPSA) is 193 Å². The van der Waals surface area contributed by atoms with Gasteiger partial charge < -0.3 is 27.3 Å². The highest BCUT2D eigenvalue weighted by molar-refractivity contribution is 7.20. The molecule has 1 aliphatic carbocycles. The third-order valence-electron chi connectivity index (χ3n) is 8.03. The molecule has 0 radical (unpaired) electrons. The summed E-state index contributed by atoms with van der Waals surface area (Å²) < 4.78 is 6.51. The molecule has 2 amide bonds. The maximum Gasteiger partial charge on any atom is 0.407 e. The van der Waals surface area contributed by atoms with E-state index in [4.69, 9.17) is 21.9 Å². The standard InChI is InChI=1S/C34H36N6O5S/c35-30(42)16-15-26(40-34(44)45-19-25-23-11-3-1-9-21(23)22-10-2-4-12-24(22)25)28(41)18-20(8-7-17-38-33(36)37)31(43)32-39-27-13-5-6-14-29(27)46-32/h1-6,9-14,20,25-26H,7-8,15-19H2,(H2,35,42)(H,40,44)(H4,36,37,38)/t20-,26+/m1/s1. The predicted molar refractivity (Wildman–Crippen MR) is 177 cm³/mol. The largest absolute Gasteiger partial charge is 0.449 e. The number of hydrogen-bond donors (Lipinski definition) is 4. The van der Waals surface area contributed by atoms with E-state index in [1.807, 2.05) is 72.8 Å². The van der Waals surface area contributed by atoms with Crippen LogP contribution in [-0.2, 0) is 14.3 Å². The van der Waals surface area contributed by atoms with Gasteiger partial charge >= 0.3 is 6.09 Å². The molecule has 1 heterocycles. The van der Waals surface area contributed by atoms with E-state index in [-0.39, 0.29) is 50.1 Å². The van der Waals surface area contributed by atoms with Crippen molar-refractivity contribution in [3.63, 3.8) is 0 Å². The Morgan fingerprint density at radius 3 is 2.20 bits per heavy atom. The number of benzene rings is 3. The Morgan fingerprint density at radius 1 is 0.891 bits per heavy atom. The van der Waals surface area contributed by atoms with Gasteiger partial charge in [-0.25, -0.2) is 9.78 Å². The van der Waals surface area contributed by atoms with Gasteiger partial charge in [0.05, 0.1) is 16.3 Å². The van der Waals surface area contributed by atoms with Crippen molar-refractivity contribution in [2.75, 3.05) is 13.2 Å². The molecule has 46 heavy (non-hydrogen) atoms. The fourth-order valence-electron chi connectivity index (χ4n) is 5.79. The van der Waals surface area contributed by atoms with E-state index in [0.29, 0.717) is 23.4 Å². The van der Waals surface area contributed by atoms with Crippen LogP contribution in [0.5, 0.6) is 0 Å². The van der Waals surface area contributed by atoms with Gasteiger partial charge in [0, 0.05) is 31.2 Å². The predicted octanol–water partition coefficient (Wildman–Crippen LogP) is 4.28.